The van der Waals surface area contributed by atoms with Crippen LogP contribution in [0.25, 0.3) is 43.6 Å². The van der Waals surface area contributed by atoms with Crippen LogP contribution in [-0.4, -0.2) is 11.8 Å². The third kappa shape index (κ3) is 1.67. The molecule has 3 aromatic carbocycles. The van der Waals surface area contributed by atoms with Crippen LogP contribution in [0.4, 0.5) is 0 Å². The maximum Gasteiger partial charge on any atom is 2.00 e. The van der Waals surface area contributed by atoms with Gasteiger partial charge in [-0.25, -0.2) is 0 Å². The number of para-hydroxylation sites is 2. The SMILES string of the molecule is O=C1NC(=O)c2c1c1c3ccccc3[n-]c1c1[n-]c3ccccc3c21.[Os+2]. The first-order chi connectivity index (χ1) is 12.2. The molecule has 6 heteroatoms. The molecule has 1 aliphatic heterocycles. The van der Waals surface area contributed by atoms with Gasteiger partial charge in [0.2, 0.25) is 0 Å². The summed E-state index contributed by atoms with van der Waals surface area (Å²) >= 11 is 0. The van der Waals surface area contributed by atoms with E-state index in [-0.39, 0.29) is 31.6 Å². The van der Waals surface area contributed by atoms with E-state index in [0.717, 1.165) is 21.8 Å². The Morgan fingerprint density at radius 3 is 1.54 bits per heavy atom. The molecule has 124 valence electrons. The number of imide groups is 1. The smallest absolute Gasteiger partial charge is 0.658 e. The summed E-state index contributed by atoms with van der Waals surface area (Å²) in [5, 5.41) is 5.60. The normalized spacial score (nSPS) is 13.5. The average Bonchev–Trinajstić information content (AvgIpc) is 3.26. The minimum Gasteiger partial charge on any atom is -0.658 e. The molecule has 5 nitrogen and oxygen atoms in total. The molecule has 0 radical (unpaired) electrons. The molecule has 0 aliphatic carbocycles. The van der Waals surface area contributed by atoms with E-state index in [1.165, 1.54) is 0 Å². The number of benzene rings is 3. The Morgan fingerprint density at radius 2 is 1.08 bits per heavy atom. The molecule has 5 aromatic rings. The molecule has 2 aromatic heterocycles. The maximum atomic E-state index is 12.6. The van der Waals surface area contributed by atoms with Gasteiger partial charge in [-0.15, -0.1) is 22.1 Å². The fourth-order valence-electron chi connectivity index (χ4n) is 3.95. The van der Waals surface area contributed by atoms with Crippen molar-refractivity contribution in [3.05, 3.63) is 59.7 Å². The Labute approximate surface area is 159 Å². The minimum atomic E-state index is -0.365. The van der Waals surface area contributed by atoms with E-state index in [2.05, 4.69) is 5.32 Å². The van der Waals surface area contributed by atoms with Crippen molar-refractivity contribution in [1.29, 1.82) is 0 Å². The van der Waals surface area contributed by atoms with Crippen LogP contribution in [0.1, 0.15) is 20.7 Å². The van der Waals surface area contributed by atoms with Crippen molar-refractivity contribution in [2.45, 2.75) is 0 Å². The number of rotatable bonds is 0. The van der Waals surface area contributed by atoms with Crippen LogP contribution >= 0.6 is 0 Å². The number of hydrogen-bond donors (Lipinski definition) is 1. The number of fused-ring (bicyclic) bond motifs is 10. The zero-order chi connectivity index (χ0) is 16.7. The molecular formula is C20H9N3O2Os. The Balaban J connectivity index is 0.00000150. The van der Waals surface area contributed by atoms with Crippen molar-refractivity contribution in [1.82, 2.24) is 15.3 Å². The maximum absolute atomic E-state index is 12.6. The summed E-state index contributed by atoms with van der Waals surface area (Å²) < 4.78 is 0. The van der Waals surface area contributed by atoms with Crippen LogP contribution in [0.5, 0.6) is 0 Å². The van der Waals surface area contributed by atoms with Crippen molar-refractivity contribution in [2.24, 2.45) is 0 Å². The molecule has 26 heavy (non-hydrogen) atoms. The van der Waals surface area contributed by atoms with Crippen LogP contribution in [0.3, 0.4) is 0 Å². The predicted molar refractivity (Wildman–Crippen MR) is 94.9 cm³/mol. The summed E-state index contributed by atoms with van der Waals surface area (Å²) in [6.45, 7) is 0. The van der Waals surface area contributed by atoms with Crippen LogP contribution in [0.2, 0.25) is 0 Å². The van der Waals surface area contributed by atoms with E-state index in [1.54, 1.807) is 0 Å². The Kier molecular flexibility index (Phi) is 2.96. The van der Waals surface area contributed by atoms with Gasteiger partial charge in [-0.2, -0.15) is 0 Å². The predicted octanol–water partition coefficient (Wildman–Crippen LogP) is 3.09. The molecule has 3 heterocycles. The van der Waals surface area contributed by atoms with Gasteiger partial charge in [-0.3, -0.25) is 14.9 Å². The second kappa shape index (κ2) is 5.03. The molecule has 0 atom stereocenters. The van der Waals surface area contributed by atoms with Crippen molar-refractivity contribution in [3.63, 3.8) is 0 Å². The first kappa shape index (κ1) is 15.3. The molecule has 0 spiro atoms. The van der Waals surface area contributed by atoms with Crippen molar-refractivity contribution >= 4 is 55.4 Å². The molecule has 1 N–H and O–H groups in total. The van der Waals surface area contributed by atoms with Gasteiger partial charge in [0.05, 0.1) is 11.1 Å². The van der Waals surface area contributed by atoms with Gasteiger partial charge < -0.3 is 9.97 Å². The number of carbonyl (C=O) groups excluding carboxylic acids is 2. The van der Waals surface area contributed by atoms with Crippen molar-refractivity contribution in [2.75, 3.05) is 0 Å². The zero-order valence-electron chi connectivity index (χ0n) is 13.2. The third-order valence-electron chi connectivity index (χ3n) is 4.94. The van der Waals surface area contributed by atoms with Crippen LogP contribution in [0.15, 0.2) is 48.5 Å². The number of amides is 2. The van der Waals surface area contributed by atoms with E-state index >= 15 is 0 Å². The van der Waals surface area contributed by atoms with Crippen LogP contribution in [-0.2, 0) is 19.8 Å². The van der Waals surface area contributed by atoms with E-state index in [4.69, 9.17) is 9.97 Å². The topological polar surface area (TPSA) is 74.4 Å². The van der Waals surface area contributed by atoms with Gasteiger partial charge in [0, 0.05) is 0 Å². The van der Waals surface area contributed by atoms with Gasteiger partial charge in [-0.05, 0) is 21.5 Å². The molecular weight excluding hydrogens is 504 g/mol. The first-order valence-electron chi connectivity index (χ1n) is 7.96. The standard InChI is InChI=1S/C20H11N3O2.Os/c24-19-15-13-9-5-1-3-7-11(9)21-17(13)18-14(16(15)20(25)23-19)10-6-2-4-8-12(10)22-18;/h1-8H,(H3,21,22,23,24,25);/q;+2/p-2. The molecule has 0 saturated carbocycles. The number of nitrogens with zero attached hydrogens (tertiary/aromatic N) is 2. The summed E-state index contributed by atoms with van der Waals surface area (Å²) in [7, 11) is 0. The molecule has 0 fully saturated rings. The molecule has 0 bridgehead atoms. The minimum absolute atomic E-state index is 0. The molecule has 1 aliphatic rings. The second-order valence-electron chi connectivity index (χ2n) is 6.24. The summed E-state index contributed by atoms with van der Waals surface area (Å²) in [6.07, 6.45) is 0. The molecule has 6 rings (SSSR count). The summed E-state index contributed by atoms with van der Waals surface area (Å²) in [5.41, 5.74) is 3.78. The Bertz CT molecular complexity index is 1300. The Morgan fingerprint density at radius 1 is 0.654 bits per heavy atom. The fraction of sp³-hybridized carbons (Fsp3) is 0. The Hall–Kier alpha value is -2.96. The number of carbonyl (C=O) groups is 2. The zero-order valence-corrected chi connectivity index (χ0v) is 15.7. The summed E-state index contributed by atoms with van der Waals surface area (Å²) in [4.78, 5) is 34.5. The molecule has 0 unspecified atom stereocenters. The first-order valence-corrected chi connectivity index (χ1v) is 7.96. The average molecular weight is 514 g/mol. The van der Waals surface area contributed by atoms with Crippen LogP contribution < -0.4 is 15.3 Å². The van der Waals surface area contributed by atoms with E-state index in [9.17, 15) is 9.59 Å². The van der Waals surface area contributed by atoms with E-state index in [0.29, 0.717) is 32.9 Å². The van der Waals surface area contributed by atoms with Gasteiger partial charge in [0.15, 0.2) is 0 Å². The van der Waals surface area contributed by atoms with Gasteiger partial charge in [0.1, 0.15) is 0 Å². The van der Waals surface area contributed by atoms with Crippen LogP contribution in [0, 0.1) is 0 Å². The van der Waals surface area contributed by atoms with E-state index in [1.807, 2.05) is 48.5 Å². The number of hydrogen-bond acceptors (Lipinski definition) is 2. The van der Waals surface area contributed by atoms with Gasteiger partial charge >= 0.3 is 19.8 Å². The van der Waals surface area contributed by atoms with Gasteiger partial charge in [0.25, 0.3) is 11.8 Å². The quantitative estimate of drug-likeness (QED) is 0.323. The van der Waals surface area contributed by atoms with Gasteiger partial charge in [-0.1, -0.05) is 48.5 Å². The summed E-state index contributed by atoms with van der Waals surface area (Å²) in [5.74, 6) is -0.731. The molecule has 0 saturated heterocycles. The summed E-state index contributed by atoms with van der Waals surface area (Å²) in [6, 6.07) is 15.3. The van der Waals surface area contributed by atoms with E-state index < -0.39 is 0 Å². The van der Waals surface area contributed by atoms with Crippen molar-refractivity contribution < 1.29 is 29.4 Å². The van der Waals surface area contributed by atoms with Crippen molar-refractivity contribution in [3.8, 4) is 0 Å². The number of aromatic nitrogens is 2. The fourth-order valence-corrected chi connectivity index (χ4v) is 3.95. The second-order valence-corrected chi connectivity index (χ2v) is 6.24. The third-order valence-corrected chi connectivity index (χ3v) is 4.94. The largest absolute Gasteiger partial charge is 2.00 e. The number of nitrogens with one attached hydrogen (secondary N) is 1. The molecule has 2 amide bonds. The monoisotopic (exact) mass is 515 g/mol.